The third kappa shape index (κ3) is 3.89. The van der Waals surface area contributed by atoms with Gasteiger partial charge in [-0.1, -0.05) is 19.6 Å². The summed E-state index contributed by atoms with van der Waals surface area (Å²) < 4.78 is 0. The Balaban J connectivity index is 3.43. The molecule has 10 heavy (non-hydrogen) atoms. The number of hydrogen-bond acceptors (Lipinski definition) is 1. The second-order valence-electron chi connectivity index (χ2n) is 2.16. The SMILES string of the molecule is C=CC(=O)NCC(C)C=C. The molecule has 0 bridgehead atoms. The summed E-state index contributed by atoms with van der Waals surface area (Å²) in [6.45, 7) is 9.53. The molecule has 0 radical (unpaired) electrons. The third-order valence-electron chi connectivity index (χ3n) is 1.19. The largest absolute Gasteiger partial charge is 0.352 e. The van der Waals surface area contributed by atoms with E-state index in [0.717, 1.165) is 0 Å². The monoisotopic (exact) mass is 139 g/mol. The highest BCUT2D eigenvalue weighted by Gasteiger charge is 1.96. The summed E-state index contributed by atoms with van der Waals surface area (Å²) in [4.78, 5) is 10.6. The fourth-order valence-electron chi connectivity index (χ4n) is 0.417. The van der Waals surface area contributed by atoms with Crippen LogP contribution in [0.15, 0.2) is 25.3 Å². The van der Waals surface area contributed by atoms with Gasteiger partial charge in [0.25, 0.3) is 0 Å². The van der Waals surface area contributed by atoms with Crippen molar-refractivity contribution < 1.29 is 4.79 Å². The van der Waals surface area contributed by atoms with E-state index < -0.39 is 0 Å². The second kappa shape index (κ2) is 4.79. The van der Waals surface area contributed by atoms with E-state index in [9.17, 15) is 4.79 Å². The fourth-order valence-corrected chi connectivity index (χ4v) is 0.417. The van der Waals surface area contributed by atoms with Crippen molar-refractivity contribution in [1.29, 1.82) is 0 Å². The number of nitrogens with one attached hydrogen (secondary N) is 1. The smallest absolute Gasteiger partial charge is 0.243 e. The average molecular weight is 139 g/mol. The van der Waals surface area contributed by atoms with Crippen molar-refractivity contribution in [3.05, 3.63) is 25.3 Å². The molecule has 1 amide bonds. The first-order chi connectivity index (χ1) is 4.70. The molecule has 1 N–H and O–H groups in total. The number of hydrogen-bond donors (Lipinski definition) is 1. The van der Waals surface area contributed by atoms with Crippen LogP contribution in [0.3, 0.4) is 0 Å². The highest BCUT2D eigenvalue weighted by molar-refractivity contribution is 5.86. The van der Waals surface area contributed by atoms with Crippen LogP contribution in [0.5, 0.6) is 0 Å². The topological polar surface area (TPSA) is 29.1 Å². The predicted octanol–water partition coefficient (Wildman–Crippen LogP) is 1.11. The lowest BCUT2D eigenvalue weighted by atomic mass is 10.2. The van der Waals surface area contributed by atoms with E-state index in [0.29, 0.717) is 12.5 Å². The van der Waals surface area contributed by atoms with Crippen molar-refractivity contribution in [2.75, 3.05) is 6.54 Å². The Hall–Kier alpha value is -1.05. The summed E-state index contributed by atoms with van der Waals surface area (Å²) in [6, 6.07) is 0. The molecule has 56 valence electrons. The van der Waals surface area contributed by atoms with Crippen LogP contribution in [-0.2, 0) is 4.79 Å². The summed E-state index contributed by atoms with van der Waals surface area (Å²) in [5, 5.41) is 2.65. The molecule has 0 aromatic rings. The van der Waals surface area contributed by atoms with Crippen molar-refractivity contribution >= 4 is 5.91 Å². The Kier molecular flexibility index (Phi) is 4.29. The number of rotatable bonds is 4. The Morgan fingerprint density at radius 3 is 2.70 bits per heavy atom. The fraction of sp³-hybridized carbons (Fsp3) is 0.375. The zero-order valence-corrected chi connectivity index (χ0v) is 6.26. The minimum absolute atomic E-state index is 0.131. The second-order valence-corrected chi connectivity index (χ2v) is 2.16. The first-order valence-corrected chi connectivity index (χ1v) is 3.23. The van der Waals surface area contributed by atoms with Gasteiger partial charge < -0.3 is 5.32 Å². The highest BCUT2D eigenvalue weighted by Crippen LogP contribution is 1.90. The van der Waals surface area contributed by atoms with Crippen molar-refractivity contribution in [1.82, 2.24) is 5.32 Å². The van der Waals surface area contributed by atoms with Crippen molar-refractivity contribution in [2.24, 2.45) is 5.92 Å². The molecule has 0 aromatic carbocycles. The number of carbonyl (C=O) groups excluding carboxylic acids is 1. The van der Waals surface area contributed by atoms with Gasteiger partial charge in [0.1, 0.15) is 0 Å². The quantitative estimate of drug-likeness (QED) is 0.459. The van der Waals surface area contributed by atoms with Crippen LogP contribution in [0.4, 0.5) is 0 Å². The minimum Gasteiger partial charge on any atom is -0.352 e. The standard InChI is InChI=1S/C8H13NO/c1-4-7(3)6-9-8(10)5-2/h4-5,7H,1-2,6H2,3H3,(H,9,10). The van der Waals surface area contributed by atoms with Crippen molar-refractivity contribution in [3.63, 3.8) is 0 Å². The molecule has 2 heteroatoms. The van der Waals surface area contributed by atoms with E-state index in [4.69, 9.17) is 0 Å². The van der Waals surface area contributed by atoms with Gasteiger partial charge in [0.2, 0.25) is 5.91 Å². The molecule has 0 saturated heterocycles. The van der Waals surface area contributed by atoms with Crippen LogP contribution in [0.25, 0.3) is 0 Å². The third-order valence-corrected chi connectivity index (χ3v) is 1.19. The molecule has 0 aromatic heterocycles. The summed E-state index contributed by atoms with van der Waals surface area (Å²) in [5.74, 6) is 0.192. The van der Waals surface area contributed by atoms with E-state index in [1.165, 1.54) is 6.08 Å². The van der Waals surface area contributed by atoms with Crippen LogP contribution in [-0.4, -0.2) is 12.5 Å². The number of amides is 1. The summed E-state index contributed by atoms with van der Waals surface area (Å²) in [5.41, 5.74) is 0. The van der Waals surface area contributed by atoms with Gasteiger partial charge in [0.15, 0.2) is 0 Å². The zero-order valence-electron chi connectivity index (χ0n) is 6.26. The first kappa shape index (κ1) is 8.95. The summed E-state index contributed by atoms with van der Waals surface area (Å²) in [6.07, 6.45) is 3.05. The van der Waals surface area contributed by atoms with Gasteiger partial charge in [-0.3, -0.25) is 4.79 Å². The highest BCUT2D eigenvalue weighted by atomic mass is 16.1. The normalized spacial score (nSPS) is 11.7. The zero-order chi connectivity index (χ0) is 7.98. The maximum absolute atomic E-state index is 10.6. The van der Waals surface area contributed by atoms with Crippen LogP contribution >= 0.6 is 0 Å². The van der Waals surface area contributed by atoms with E-state index in [2.05, 4.69) is 18.5 Å². The Bertz CT molecular complexity index is 140. The molecule has 2 nitrogen and oxygen atoms in total. The molecule has 0 fully saturated rings. The van der Waals surface area contributed by atoms with Gasteiger partial charge in [0, 0.05) is 6.54 Å². The molecule has 0 saturated carbocycles. The Morgan fingerprint density at radius 2 is 2.30 bits per heavy atom. The molecule has 0 heterocycles. The molecular weight excluding hydrogens is 126 g/mol. The van der Waals surface area contributed by atoms with Gasteiger partial charge in [-0.2, -0.15) is 0 Å². The van der Waals surface area contributed by atoms with Crippen molar-refractivity contribution in [3.8, 4) is 0 Å². The van der Waals surface area contributed by atoms with E-state index in [-0.39, 0.29) is 5.91 Å². The molecule has 1 atom stereocenters. The van der Waals surface area contributed by atoms with Crippen molar-refractivity contribution in [2.45, 2.75) is 6.92 Å². The van der Waals surface area contributed by atoms with Crippen LogP contribution in [0.2, 0.25) is 0 Å². The predicted molar refractivity (Wildman–Crippen MR) is 42.6 cm³/mol. The molecule has 0 rings (SSSR count). The molecule has 0 aliphatic rings. The minimum atomic E-state index is -0.131. The van der Waals surface area contributed by atoms with Crippen LogP contribution in [0, 0.1) is 5.92 Å². The lowest BCUT2D eigenvalue weighted by Gasteiger charge is -2.04. The van der Waals surface area contributed by atoms with Gasteiger partial charge in [-0.15, -0.1) is 6.58 Å². The van der Waals surface area contributed by atoms with E-state index in [1.807, 2.05) is 6.92 Å². The number of carbonyl (C=O) groups is 1. The summed E-state index contributed by atoms with van der Waals surface area (Å²) >= 11 is 0. The maximum atomic E-state index is 10.6. The van der Waals surface area contributed by atoms with Gasteiger partial charge in [0.05, 0.1) is 0 Å². The van der Waals surface area contributed by atoms with Gasteiger partial charge in [-0.25, -0.2) is 0 Å². The Labute approximate surface area is 61.6 Å². The Morgan fingerprint density at radius 1 is 1.70 bits per heavy atom. The average Bonchev–Trinajstić information content (AvgIpc) is 1.99. The molecule has 0 aliphatic heterocycles. The molecule has 1 unspecified atom stereocenters. The van der Waals surface area contributed by atoms with E-state index in [1.54, 1.807) is 6.08 Å². The van der Waals surface area contributed by atoms with E-state index >= 15 is 0 Å². The van der Waals surface area contributed by atoms with Crippen LogP contribution in [0.1, 0.15) is 6.92 Å². The molecular formula is C8H13NO. The maximum Gasteiger partial charge on any atom is 0.243 e. The van der Waals surface area contributed by atoms with Gasteiger partial charge in [-0.05, 0) is 12.0 Å². The molecule has 0 spiro atoms. The molecule has 0 aliphatic carbocycles. The first-order valence-electron chi connectivity index (χ1n) is 3.23. The lowest BCUT2D eigenvalue weighted by Crippen LogP contribution is -2.25. The van der Waals surface area contributed by atoms with Gasteiger partial charge >= 0.3 is 0 Å². The summed E-state index contributed by atoms with van der Waals surface area (Å²) in [7, 11) is 0. The lowest BCUT2D eigenvalue weighted by molar-refractivity contribution is -0.116. The van der Waals surface area contributed by atoms with Crippen LogP contribution < -0.4 is 5.32 Å².